The molecule has 0 aliphatic heterocycles. The van der Waals surface area contributed by atoms with Gasteiger partial charge in [0.05, 0.1) is 12.2 Å². The van der Waals surface area contributed by atoms with Crippen LogP contribution in [0.3, 0.4) is 0 Å². The molecule has 0 heterocycles. The lowest BCUT2D eigenvalue weighted by Crippen LogP contribution is -2.17. The number of nitrogen functional groups attached to an aromatic ring is 1. The number of benzene rings is 1. The highest BCUT2D eigenvalue weighted by Gasteiger charge is 2.17. The third-order valence-electron chi connectivity index (χ3n) is 1.94. The first-order chi connectivity index (χ1) is 8.45. The third kappa shape index (κ3) is 3.41. The molecule has 0 saturated carbocycles. The number of rotatable bonds is 4. The van der Waals surface area contributed by atoms with Crippen LogP contribution in [0.15, 0.2) is 12.1 Å². The van der Waals surface area contributed by atoms with E-state index in [4.69, 9.17) is 5.73 Å². The van der Waals surface area contributed by atoms with Crippen LogP contribution in [0.1, 0.15) is 17.3 Å². The Balaban J connectivity index is 2.73. The predicted octanol–water partition coefficient (Wildman–Crippen LogP) is 1.27. The smallest absolute Gasteiger partial charge is 0.344 e. The molecule has 5 nitrogen and oxygen atoms in total. The second kappa shape index (κ2) is 5.95. The Labute approximate surface area is 101 Å². The number of anilines is 1. The van der Waals surface area contributed by atoms with E-state index in [-0.39, 0.29) is 17.9 Å². The molecular weight excluding hydrogens is 248 g/mol. The first kappa shape index (κ1) is 13.9. The summed E-state index contributed by atoms with van der Waals surface area (Å²) in [6, 6.07) is 1.27. The SMILES string of the molecule is CCOC(=O)COC(=O)c1cc(F)c(F)cc1N. The minimum Gasteiger partial charge on any atom is -0.463 e. The van der Waals surface area contributed by atoms with Crippen molar-refractivity contribution in [1.29, 1.82) is 0 Å². The summed E-state index contributed by atoms with van der Waals surface area (Å²) in [4.78, 5) is 22.4. The van der Waals surface area contributed by atoms with Crippen molar-refractivity contribution in [2.24, 2.45) is 0 Å². The van der Waals surface area contributed by atoms with Crippen LogP contribution >= 0.6 is 0 Å². The van der Waals surface area contributed by atoms with E-state index >= 15 is 0 Å². The summed E-state index contributed by atoms with van der Waals surface area (Å²) >= 11 is 0. The van der Waals surface area contributed by atoms with Gasteiger partial charge in [-0.05, 0) is 13.0 Å². The van der Waals surface area contributed by atoms with Gasteiger partial charge in [-0.2, -0.15) is 0 Å². The van der Waals surface area contributed by atoms with Crippen LogP contribution in [0.25, 0.3) is 0 Å². The van der Waals surface area contributed by atoms with Gasteiger partial charge in [-0.25, -0.2) is 18.4 Å². The molecule has 0 aromatic heterocycles. The van der Waals surface area contributed by atoms with Crippen LogP contribution in [0, 0.1) is 11.6 Å². The lowest BCUT2D eigenvalue weighted by Gasteiger charge is -2.07. The van der Waals surface area contributed by atoms with Gasteiger partial charge in [0.15, 0.2) is 18.2 Å². The van der Waals surface area contributed by atoms with Crippen LogP contribution in [0.4, 0.5) is 14.5 Å². The summed E-state index contributed by atoms with van der Waals surface area (Å²) < 4.78 is 34.7. The Morgan fingerprint density at radius 3 is 2.44 bits per heavy atom. The summed E-state index contributed by atoms with van der Waals surface area (Å²) in [5.41, 5.74) is 4.71. The highest BCUT2D eigenvalue weighted by atomic mass is 19.2. The summed E-state index contributed by atoms with van der Waals surface area (Å²) in [5, 5.41) is 0. The molecule has 1 aromatic rings. The summed E-state index contributed by atoms with van der Waals surface area (Å²) in [6.45, 7) is 1.11. The molecule has 0 unspecified atom stereocenters. The van der Waals surface area contributed by atoms with Crippen molar-refractivity contribution >= 4 is 17.6 Å². The number of ether oxygens (including phenoxy) is 2. The quantitative estimate of drug-likeness (QED) is 0.650. The molecule has 0 bridgehead atoms. The van der Waals surface area contributed by atoms with Crippen molar-refractivity contribution in [2.75, 3.05) is 18.9 Å². The zero-order valence-corrected chi connectivity index (χ0v) is 9.54. The van der Waals surface area contributed by atoms with Gasteiger partial charge in [0.2, 0.25) is 0 Å². The Hall–Kier alpha value is -2.18. The Morgan fingerprint density at radius 1 is 1.22 bits per heavy atom. The van der Waals surface area contributed by atoms with E-state index in [0.717, 1.165) is 0 Å². The van der Waals surface area contributed by atoms with E-state index in [1.54, 1.807) is 6.92 Å². The Morgan fingerprint density at radius 2 is 1.83 bits per heavy atom. The van der Waals surface area contributed by atoms with Crippen LogP contribution in [0.5, 0.6) is 0 Å². The third-order valence-corrected chi connectivity index (χ3v) is 1.94. The monoisotopic (exact) mass is 259 g/mol. The van der Waals surface area contributed by atoms with Gasteiger partial charge in [-0.3, -0.25) is 0 Å². The van der Waals surface area contributed by atoms with Crippen LogP contribution in [0.2, 0.25) is 0 Å². The van der Waals surface area contributed by atoms with Gasteiger partial charge in [0.1, 0.15) is 0 Å². The van der Waals surface area contributed by atoms with E-state index in [2.05, 4.69) is 9.47 Å². The lowest BCUT2D eigenvalue weighted by molar-refractivity contribution is -0.146. The van der Waals surface area contributed by atoms with Gasteiger partial charge in [0, 0.05) is 11.8 Å². The number of nitrogens with two attached hydrogens (primary N) is 1. The maximum atomic E-state index is 12.9. The molecule has 18 heavy (non-hydrogen) atoms. The molecule has 7 heteroatoms. The normalized spacial score (nSPS) is 9.94. The number of hydrogen-bond acceptors (Lipinski definition) is 5. The maximum Gasteiger partial charge on any atom is 0.344 e. The summed E-state index contributed by atoms with van der Waals surface area (Å²) in [6.07, 6.45) is 0. The zero-order chi connectivity index (χ0) is 13.7. The van der Waals surface area contributed by atoms with E-state index in [1.165, 1.54) is 0 Å². The molecule has 0 amide bonds. The molecule has 0 atom stereocenters. The lowest BCUT2D eigenvalue weighted by atomic mass is 10.1. The highest BCUT2D eigenvalue weighted by Crippen LogP contribution is 2.17. The first-order valence-electron chi connectivity index (χ1n) is 5.03. The Bertz CT molecular complexity index is 476. The van der Waals surface area contributed by atoms with Crippen molar-refractivity contribution in [3.63, 3.8) is 0 Å². The van der Waals surface area contributed by atoms with Crippen molar-refractivity contribution in [2.45, 2.75) is 6.92 Å². The second-order valence-electron chi connectivity index (χ2n) is 3.23. The van der Waals surface area contributed by atoms with Crippen LogP contribution in [-0.4, -0.2) is 25.2 Å². The molecule has 2 N–H and O–H groups in total. The van der Waals surface area contributed by atoms with Crippen molar-refractivity contribution in [3.8, 4) is 0 Å². The van der Waals surface area contributed by atoms with Crippen LogP contribution in [-0.2, 0) is 14.3 Å². The number of carbonyl (C=O) groups is 2. The van der Waals surface area contributed by atoms with Gasteiger partial charge in [-0.1, -0.05) is 0 Å². The molecule has 0 fully saturated rings. The topological polar surface area (TPSA) is 78.6 Å². The van der Waals surface area contributed by atoms with Gasteiger partial charge in [0.25, 0.3) is 0 Å². The van der Waals surface area contributed by atoms with Crippen LogP contribution < -0.4 is 5.73 Å². The highest BCUT2D eigenvalue weighted by molar-refractivity contribution is 5.95. The molecule has 0 aliphatic carbocycles. The fourth-order valence-electron chi connectivity index (χ4n) is 1.14. The average molecular weight is 259 g/mol. The number of esters is 2. The molecule has 0 aliphatic rings. The molecular formula is C11H11F2NO4. The predicted molar refractivity (Wildman–Crippen MR) is 57.7 cm³/mol. The number of hydrogen-bond donors (Lipinski definition) is 1. The summed E-state index contributed by atoms with van der Waals surface area (Å²) in [5.74, 6) is -4.17. The van der Waals surface area contributed by atoms with Gasteiger partial charge in [-0.15, -0.1) is 0 Å². The molecule has 98 valence electrons. The molecule has 1 rings (SSSR count). The van der Waals surface area contributed by atoms with Crippen molar-refractivity contribution in [1.82, 2.24) is 0 Å². The average Bonchev–Trinajstić information content (AvgIpc) is 2.31. The van der Waals surface area contributed by atoms with E-state index < -0.39 is 30.2 Å². The Kier molecular flexibility index (Phi) is 4.59. The molecule has 0 spiro atoms. The minimum atomic E-state index is -1.23. The second-order valence-corrected chi connectivity index (χ2v) is 3.23. The zero-order valence-electron chi connectivity index (χ0n) is 9.54. The van der Waals surface area contributed by atoms with E-state index in [1.807, 2.05) is 0 Å². The van der Waals surface area contributed by atoms with Crippen molar-refractivity contribution in [3.05, 3.63) is 29.3 Å². The maximum absolute atomic E-state index is 12.9. The number of carbonyl (C=O) groups excluding carboxylic acids is 2. The van der Waals surface area contributed by atoms with Crippen molar-refractivity contribution < 1.29 is 27.8 Å². The van der Waals surface area contributed by atoms with Gasteiger partial charge >= 0.3 is 11.9 Å². The van der Waals surface area contributed by atoms with E-state index in [9.17, 15) is 18.4 Å². The first-order valence-corrected chi connectivity index (χ1v) is 5.03. The molecule has 1 aromatic carbocycles. The fourth-order valence-corrected chi connectivity index (χ4v) is 1.14. The fraction of sp³-hybridized carbons (Fsp3) is 0.273. The minimum absolute atomic E-state index is 0.143. The van der Waals surface area contributed by atoms with E-state index in [0.29, 0.717) is 12.1 Å². The molecule has 0 radical (unpaired) electrons. The largest absolute Gasteiger partial charge is 0.463 e. The standard InChI is InChI=1S/C11H11F2NO4/c1-2-17-10(15)5-18-11(16)6-3-7(12)8(13)4-9(6)14/h3-4H,2,5,14H2,1H3. The number of halogens is 2. The molecule has 0 saturated heterocycles. The van der Waals surface area contributed by atoms with Gasteiger partial charge < -0.3 is 15.2 Å². The summed E-state index contributed by atoms with van der Waals surface area (Å²) in [7, 11) is 0.